The molecule has 4 heterocycles. The van der Waals surface area contributed by atoms with Crippen molar-refractivity contribution in [3.63, 3.8) is 0 Å². The molecular formula is C20H26N8. The topological polar surface area (TPSA) is 112 Å². The molecular weight excluding hydrogens is 352 g/mol. The first-order valence-electron chi connectivity index (χ1n) is 9.83. The van der Waals surface area contributed by atoms with Crippen molar-refractivity contribution in [3.05, 3.63) is 42.7 Å². The van der Waals surface area contributed by atoms with Gasteiger partial charge in [-0.1, -0.05) is 26.2 Å². The Morgan fingerprint density at radius 3 is 2.57 bits per heavy atom. The second-order valence-electron chi connectivity index (χ2n) is 7.19. The van der Waals surface area contributed by atoms with E-state index in [4.69, 9.17) is 11.5 Å². The van der Waals surface area contributed by atoms with Crippen molar-refractivity contribution < 1.29 is 0 Å². The number of hydrogen-bond acceptors (Lipinski definition) is 6. The van der Waals surface area contributed by atoms with Crippen LogP contribution in [0.25, 0.3) is 22.4 Å². The number of aryl methyl sites for hydroxylation is 1. The first-order valence-corrected chi connectivity index (χ1v) is 9.83. The van der Waals surface area contributed by atoms with Gasteiger partial charge in [-0.3, -0.25) is 4.40 Å². The summed E-state index contributed by atoms with van der Waals surface area (Å²) in [7, 11) is 0. The van der Waals surface area contributed by atoms with E-state index in [-0.39, 0.29) is 5.95 Å². The summed E-state index contributed by atoms with van der Waals surface area (Å²) in [6.07, 6.45) is 16.9. The van der Waals surface area contributed by atoms with E-state index in [1.807, 2.05) is 35.3 Å². The van der Waals surface area contributed by atoms with Gasteiger partial charge < -0.3 is 11.5 Å². The van der Waals surface area contributed by atoms with Crippen LogP contribution in [0.2, 0.25) is 0 Å². The Hall–Kier alpha value is -3.00. The highest BCUT2D eigenvalue weighted by molar-refractivity contribution is 5.79. The van der Waals surface area contributed by atoms with E-state index < -0.39 is 0 Å². The fraction of sp³-hybridized carbons (Fsp3) is 0.400. The van der Waals surface area contributed by atoms with Gasteiger partial charge in [0.05, 0.1) is 17.9 Å². The minimum absolute atomic E-state index is 0.251. The maximum atomic E-state index is 5.63. The van der Waals surface area contributed by atoms with Crippen molar-refractivity contribution in [2.45, 2.75) is 51.5 Å². The van der Waals surface area contributed by atoms with Gasteiger partial charge in [0.1, 0.15) is 0 Å². The Balaban J connectivity index is 0.000000233. The Kier molecular flexibility index (Phi) is 5.21. The van der Waals surface area contributed by atoms with Crippen LogP contribution < -0.4 is 11.5 Å². The Morgan fingerprint density at radius 2 is 1.86 bits per heavy atom. The molecule has 4 aromatic rings. The van der Waals surface area contributed by atoms with Gasteiger partial charge in [0, 0.05) is 41.5 Å². The van der Waals surface area contributed by atoms with Gasteiger partial charge in [-0.2, -0.15) is 0 Å². The molecule has 1 fully saturated rings. The molecule has 0 spiro atoms. The zero-order chi connectivity index (χ0) is 19.5. The molecule has 1 aliphatic rings. The van der Waals surface area contributed by atoms with Crippen LogP contribution in [0.4, 0.5) is 5.95 Å². The minimum atomic E-state index is 0.251. The highest BCUT2D eigenvalue weighted by Crippen LogP contribution is 2.25. The standard InChI is InChI=1S/C14H13N7.C6H13N/c1-2-10-6-18-14-17-5-9(8-20(10)14)11-3-4-21-12(11)7-16-13(15)19-21;7-6-4-2-1-3-5-6/h3-8H,2H2,1H3,(H2,15,19);6H,1-5,7H2. The molecule has 0 bridgehead atoms. The van der Waals surface area contributed by atoms with E-state index in [0.29, 0.717) is 11.8 Å². The third-order valence-electron chi connectivity index (χ3n) is 5.20. The van der Waals surface area contributed by atoms with E-state index in [9.17, 15) is 0 Å². The molecule has 0 saturated heterocycles. The first kappa shape index (κ1) is 18.4. The highest BCUT2D eigenvalue weighted by Gasteiger charge is 2.10. The van der Waals surface area contributed by atoms with Crippen molar-refractivity contribution in [1.29, 1.82) is 0 Å². The molecule has 0 aromatic carbocycles. The van der Waals surface area contributed by atoms with Gasteiger partial charge in [-0.25, -0.2) is 19.5 Å². The monoisotopic (exact) mass is 378 g/mol. The summed E-state index contributed by atoms with van der Waals surface area (Å²) in [6.45, 7) is 2.10. The van der Waals surface area contributed by atoms with E-state index in [1.54, 1.807) is 10.7 Å². The molecule has 8 nitrogen and oxygen atoms in total. The van der Waals surface area contributed by atoms with Crippen LogP contribution in [0, 0.1) is 0 Å². The van der Waals surface area contributed by atoms with Gasteiger partial charge >= 0.3 is 0 Å². The molecule has 146 valence electrons. The van der Waals surface area contributed by atoms with E-state index in [0.717, 1.165) is 28.8 Å². The summed E-state index contributed by atoms with van der Waals surface area (Å²) in [5, 5.41) is 4.15. The molecule has 0 amide bonds. The lowest BCUT2D eigenvalue weighted by molar-refractivity contribution is 0.441. The molecule has 0 atom stereocenters. The zero-order valence-corrected chi connectivity index (χ0v) is 16.1. The molecule has 4 aromatic heterocycles. The van der Waals surface area contributed by atoms with Gasteiger partial charge in [-0.15, -0.1) is 5.10 Å². The summed E-state index contributed by atoms with van der Waals surface area (Å²) in [5.41, 5.74) is 15.3. The SMILES string of the molecule is CCc1cnc2ncc(-c3ccn4nc(N)ncc34)cn12.NC1CCCCC1. The molecule has 4 N–H and O–H groups in total. The van der Waals surface area contributed by atoms with Gasteiger partial charge in [0.15, 0.2) is 0 Å². The lowest BCUT2D eigenvalue weighted by atomic mass is 9.97. The fourth-order valence-corrected chi connectivity index (χ4v) is 3.61. The fourth-order valence-electron chi connectivity index (χ4n) is 3.61. The lowest BCUT2D eigenvalue weighted by Crippen LogP contribution is -2.22. The van der Waals surface area contributed by atoms with Crippen molar-refractivity contribution in [3.8, 4) is 11.1 Å². The van der Waals surface area contributed by atoms with Crippen LogP contribution in [-0.2, 0) is 6.42 Å². The molecule has 0 unspecified atom stereocenters. The normalized spacial score (nSPS) is 14.9. The van der Waals surface area contributed by atoms with Crippen molar-refractivity contribution in [2.75, 3.05) is 5.73 Å². The molecule has 0 aliphatic heterocycles. The molecule has 1 aliphatic carbocycles. The Morgan fingerprint density at radius 1 is 1.07 bits per heavy atom. The van der Waals surface area contributed by atoms with Gasteiger partial charge in [0.2, 0.25) is 11.7 Å². The maximum Gasteiger partial charge on any atom is 0.238 e. The smallest absolute Gasteiger partial charge is 0.238 e. The number of aromatic nitrogens is 6. The number of rotatable bonds is 2. The molecule has 5 rings (SSSR count). The van der Waals surface area contributed by atoms with E-state index in [1.165, 1.54) is 32.1 Å². The number of nitrogens with zero attached hydrogens (tertiary/aromatic N) is 6. The average Bonchev–Trinajstić information content (AvgIpc) is 3.31. The van der Waals surface area contributed by atoms with E-state index in [2.05, 4.69) is 27.0 Å². The summed E-state index contributed by atoms with van der Waals surface area (Å²) >= 11 is 0. The summed E-state index contributed by atoms with van der Waals surface area (Å²) in [6, 6.07) is 2.52. The molecule has 8 heteroatoms. The van der Waals surface area contributed by atoms with Crippen LogP contribution in [0.5, 0.6) is 0 Å². The summed E-state index contributed by atoms with van der Waals surface area (Å²) < 4.78 is 3.73. The largest absolute Gasteiger partial charge is 0.367 e. The number of nitrogens with two attached hydrogens (primary N) is 2. The highest BCUT2D eigenvalue weighted by atomic mass is 15.3. The Bertz CT molecular complexity index is 1070. The van der Waals surface area contributed by atoms with Crippen LogP contribution in [0.1, 0.15) is 44.7 Å². The van der Waals surface area contributed by atoms with Gasteiger partial charge in [0.25, 0.3) is 0 Å². The van der Waals surface area contributed by atoms with Crippen LogP contribution in [0.3, 0.4) is 0 Å². The van der Waals surface area contributed by atoms with Crippen LogP contribution in [0.15, 0.2) is 37.1 Å². The average molecular weight is 378 g/mol. The van der Waals surface area contributed by atoms with Crippen LogP contribution >= 0.6 is 0 Å². The maximum absolute atomic E-state index is 5.63. The van der Waals surface area contributed by atoms with Crippen molar-refractivity contribution >= 4 is 17.2 Å². The summed E-state index contributed by atoms with van der Waals surface area (Å²) in [4.78, 5) is 12.8. The number of anilines is 1. The number of hydrogen-bond donors (Lipinski definition) is 2. The van der Waals surface area contributed by atoms with Crippen LogP contribution in [-0.4, -0.2) is 35.0 Å². The number of imidazole rings is 1. The predicted octanol–water partition coefficient (Wildman–Crippen LogP) is 2.86. The van der Waals surface area contributed by atoms with Crippen molar-refractivity contribution in [1.82, 2.24) is 29.0 Å². The second kappa shape index (κ2) is 7.93. The van der Waals surface area contributed by atoms with Gasteiger partial charge in [-0.05, 0) is 25.3 Å². The minimum Gasteiger partial charge on any atom is -0.367 e. The Labute approximate surface area is 163 Å². The number of fused-ring (bicyclic) bond motifs is 2. The van der Waals surface area contributed by atoms with Crippen molar-refractivity contribution in [2.24, 2.45) is 5.73 Å². The number of nitrogen functional groups attached to an aromatic ring is 1. The molecule has 1 saturated carbocycles. The van der Waals surface area contributed by atoms with E-state index >= 15 is 0 Å². The first-order chi connectivity index (χ1) is 13.7. The lowest BCUT2D eigenvalue weighted by Gasteiger charge is -2.15. The zero-order valence-electron chi connectivity index (χ0n) is 16.1. The quantitative estimate of drug-likeness (QED) is 0.554. The predicted molar refractivity (Wildman–Crippen MR) is 110 cm³/mol. The third kappa shape index (κ3) is 3.68. The molecule has 0 radical (unpaired) electrons. The molecule has 28 heavy (non-hydrogen) atoms. The summed E-state index contributed by atoms with van der Waals surface area (Å²) in [5.74, 6) is 0.959. The second-order valence-corrected chi connectivity index (χ2v) is 7.19. The third-order valence-corrected chi connectivity index (χ3v) is 5.20.